The molecule has 0 atom stereocenters. The van der Waals surface area contributed by atoms with Gasteiger partial charge in [-0.2, -0.15) is 5.53 Å². The van der Waals surface area contributed by atoms with Gasteiger partial charge < -0.3 is 5.73 Å². The summed E-state index contributed by atoms with van der Waals surface area (Å²) in [5.41, 5.74) is 9.59. The van der Waals surface area contributed by atoms with Gasteiger partial charge >= 0.3 is 11.8 Å². The molecule has 0 aliphatic carbocycles. The molecular weight excluding hydrogens is 172 g/mol. The summed E-state index contributed by atoms with van der Waals surface area (Å²) in [5.74, 6) is -1.80. The van der Waals surface area contributed by atoms with Crippen molar-refractivity contribution in [1.29, 1.82) is 0 Å². The Hall–Kier alpha value is -1.14. The largest absolute Gasteiger partial charge is 0.361 e. The third kappa shape index (κ3) is 3.39. The van der Waals surface area contributed by atoms with Crippen LogP contribution in [0.2, 0.25) is 0 Å². The number of carbonyl (C=O) groups is 2. The molecule has 6 heteroatoms. The molecule has 1 aliphatic rings. The molecule has 0 radical (unpaired) electrons. The van der Waals surface area contributed by atoms with Crippen molar-refractivity contribution in [2.75, 3.05) is 13.1 Å². The lowest BCUT2D eigenvalue weighted by Crippen LogP contribution is -2.54. The topological polar surface area (TPSA) is 87.5 Å². The van der Waals surface area contributed by atoms with Crippen molar-refractivity contribution in [3.8, 4) is 0 Å². The number of hydrogen-bond donors (Lipinski definition) is 3. The lowest BCUT2D eigenvalue weighted by atomic mass is 10.2. The minimum atomic E-state index is -0.982. The fourth-order valence-corrected chi connectivity index (χ4v) is 1.20. The summed E-state index contributed by atoms with van der Waals surface area (Å²) < 4.78 is 0. The van der Waals surface area contributed by atoms with Crippen LogP contribution in [-0.2, 0) is 9.59 Å². The third-order valence-corrected chi connectivity index (χ3v) is 1.91. The lowest BCUT2D eigenvalue weighted by Gasteiger charge is -2.26. The zero-order valence-corrected chi connectivity index (χ0v) is 7.38. The number of nitrogens with two attached hydrogens (primary N) is 1. The minimum absolute atomic E-state index is 0.814. The number of rotatable bonds is 2. The van der Waals surface area contributed by atoms with Crippen molar-refractivity contribution in [2.45, 2.75) is 19.3 Å². The summed E-state index contributed by atoms with van der Waals surface area (Å²) in [6, 6.07) is 0. The van der Waals surface area contributed by atoms with Crippen molar-refractivity contribution in [3.05, 3.63) is 0 Å². The number of amides is 2. The molecule has 0 spiro atoms. The zero-order chi connectivity index (χ0) is 9.68. The Kier molecular flexibility index (Phi) is 3.66. The highest BCUT2D eigenvalue weighted by atomic mass is 16.2. The molecule has 1 heterocycles. The Morgan fingerprint density at radius 1 is 1.15 bits per heavy atom. The molecule has 1 saturated heterocycles. The van der Waals surface area contributed by atoms with E-state index in [1.807, 2.05) is 5.01 Å². The molecule has 13 heavy (non-hydrogen) atoms. The van der Waals surface area contributed by atoms with Gasteiger partial charge in [0.15, 0.2) is 0 Å². The summed E-state index contributed by atoms with van der Waals surface area (Å²) in [5, 5.41) is 1.85. The maximum absolute atomic E-state index is 10.7. The quantitative estimate of drug-likeness (QED) is 0.361. The van der Waals surface area contributed by atoms with Gasteiger partial charge in [-0.25, -0.2) is 5.01 Å². The first-order valence-corrected chi connectivity index (χ1v) is 4.30. The van der Waals surface area contributed by atoms with Crippen LogP contribution >= 0.6 is 0 Å². The predicted octanol–water partition coefficient (Wildman–Crippen LogP) is -1.51. The molecule has 0 aromatic rings. The second-order valence-electron chi connectivity index (χ2n) is 2.98. The smallest absolute Gasteiger partial charge is 0.324 e. The second-order valence-corrected chi connectivity index (χ2v) is 2.98. The maximum atomic E-state index is 10.7. The van der Waals surface area contributed by atoms with Gasteiger partial charge in [-0.05, 0) is 12.8 Å². The average Bonchev–Trinajstić information content (AvgIpc) is 2.15. The standard InChI is InChI=1S/C7H14N4O2/c8-6(12)7(13)9-10-11-4-2-1-3-5-11/h10H,1-5H2,(H2,8,12)(H,9,13). The Morgan fingerprint density at radius 3 is 2.31 bits per heavy atom. The molecular formula is C7H14N4O2. The number of carbonyl (C=O) groups excluding carboxylic acids is 2. The first kappa shape index (κ1) is 9.94. The van der Waals surface area contributed by atoms with E-state index in [-0.39, 0.29) is 0 Å². The van der Waals surface area contributed by atoms with Crippen LogP contribution in [-0.4, -0.2) is 29.9 Å². The van der Waals surface area contributed by atoms with Crippen LogP contribution < -0.4 is 16.7 Å². The summed E-state index contributed by atoms with van der Waals surface area (Å²) in [4.78, 5) is 21.0. The average molecular weight is 186 g/mol. The van der Waals surface area contributed by atoms with Crippen molar-refractivity contribution in [2.24, 2.45) is 5.73 Å². The molecule has 4 N–H and O–H groups in total. The van der Waals surface area contributed by atoms with E-state index in [4.69, 9.17) is 5.73 Å². The lowest BCUT2D eigenvalue weighted by molar-refractivity contribution is -0.139. The normalized spacial score (nSPS) is 18.2. The number of nitrogens with one attached hydrogen (secondary N) is 2. The molecule has 1 aliphatic heterocycles. The highest BCUT2D eigenvalue weighted by molar-refractivity contribution is 6.34. The third-order valence-electron chi connectivity index (χ3n) is 1.91. The fraction of sp³-hybridized carbons (Fsp3) is 0.714. The van der Waals surface area contributed by atoms with E-state index >= 15 is 0 Å². The molecule has 74 valence electrons. The Morgan fingerprint density at radius 2 is 1.77 bits per heavy atom. The van der Waals surface area contributed by atoms with Gasteiger partial charge in [0.2, 0.25) is 0 Å². The molecule has 6 nitrogen and oxygen atoms in total. The van der Waals surface area contributed by atoms with Crippen LogP contribution in [0.3, 0.4) is 0 Å². The number of piperidine rings is 1. The van der Waals surface area contributed by atoms with Gasteiger partial charge in [-0.1, -0.05) is 6.42 Å². The van der Waals surface area contributed by atoms with Crippen LogP contribution in [0.4, 0.5) is 0 Å². The van der Waals surface area contributed by atoms with E-state index in [9.17, 15) is 9.59 Å². The van der Waals surface area contributed by atoms with E-state index in [0.717, 1.165) is 25.9 Å². The fourth-order valence-electron chi connectivity index (χ4n) is 1.20. The van der Waals surface area contributed by atoms with Gasteiger partial charge in [0.1, 0.15) is 0 Å². The van der Waals surface area contributed by atoms with E-state index in [0.29, 0.717) is 0 Å². The monoisotopic (exact) mass is 186 g/mol. The van der Waals surface area contributed by atoms with Crippen molar-refractivity contribution < 1.29 is 9.59 Å². The molecule has 0 unspecified atom stereocenters. The predicted molar refractivity (Wildman–Crippen MR) is 45.9 cm³/mol. The van der Waals surface area contributed by atoms with Crippen molar-refractivity contribution in [1.82, 2.24) is 16.0 Å². The first-order chi connectivity index (χ1) is 6.20. The molecule has 1 rings (SSSR count). The molecule has 1 fully saturated rings. The maximum Gasteiger partial charge on any atom is 0.324 e. The first-order valence-electron chi connectivity index (χ1n) is 4.30. The summed E-state index contributed by atoms with van der Waals surface area (Å²) in [6.07, 6.45) is 3.40. The SMILES string of the molecule is NC(=O)C(=O)NNN1CCCCC1. The van der Waals surface area contributed by atoms with E-state index in [1.165, 1.54) is 6.42 Å². The molecule has 0 saturated carbocycles. The molecule has 0 bridgehead atoms. The van der Waals surface area contributed by atoms with Crippen LogP contribution in [0.1, 0.15) is 19.3 Å². The number of primary amides is 1. The van der Waals surface area contributed by atoms with Gasteiger partial charge in [-0.15, -0.1) is 0 Å². The van der Waals surface area contributed by atoms with Crippen LogP contribution in [0.5, 0.6) is 0 Å². The number of nitrogens with zero attached hydrogens (tertiary/aromatic N) is 1. The van der Waals surface area contributed by atoms with Crippen molar-refractivity contribution in [3.63, 3.8) is 0 Å². The second kappa shape index (κ2) is 4.78. The summed E-state index contributed by atoms with van der Waals surface area (Å²) >= 11 is 0. The van der Waals surface area contributed by atoms with Gasteiger partial charge in [-0.3, -0.25) is 15.0 Å². The van der Waals surface area contributed by atoms with Gasteiger partial charge in [0.05, 0.1) is 0 Å². The molecule has 0 aromatic heterocycles. The highest BCUT2D eigenvalue weighted by Crippen LogP contribution is 2.04. The Labute approximate surface area is 76.4 Å². The zero-order valence-electron chi connectivity index (χ0n) is 7.38. The Balaban J connectivity index is 2.17. The number of hydrogen-bond acceptors (Lipinski definition) is 4. The van der Waals surface area contributed by atoms with Crippen LogP contribution in [0.15, 0.2) is 0 Å². The molecule has 0 aromatic carbocycles. The number of hydrazine groups is 2. The van der Waals surface area contributed by atoms with Crippen molar-refractivity contribution >= 4 is 11.8 Å². The Bertz CT molecular complexity index is 201. The van der Waals surface area contributed by atoms with Crippen LogP contribution in [0, 0.1) is 0 Å². The van der Waals surface area contributed by atoms with Gasteiger partial charge in [0.25, 0.3) is 0 Å². The highest BCUT2D eigenvalue weighted by Gasteiger charge is 2.12. The van der Waals surface area contributed by atoms with E-state index in [1.54, 1.807) is 0 Å². The van der Waals surface area contributed by atoms with Gasteiger partial charge in [0, 0.05) is 13.1 Å². The van der Waals surface area contributed by atoms with Crippen LogP contribution in [0.25, 0.3) is 0 Å². The summed E-state index contributed by atoms with van der Waals surface area (Å²) in [6.45, 7) is 1.75. The molecule has 2 amide bonds. The van der Waals surface area contributed by atoms with E-state index in [2.05, 4.69) is 11.0 Å². The van der Waals surface area contributed by atoms with E-state index < -0.39 is 11.8 Å². The summed E-state index contributed by atoms with van der Waals surface area (Å²) in [7, 11) is 0. The minimum Gasteiger partial charge on any atom is -0.361 e.